The Morgan fingerprint density at radius 1 is 0.875 bits per heavy atom. The summed E-state index contributed by atoms with van der Waals surface area (Å²) < 4.78 is 12.1. The summed E-state index contributed by atoms with van der Waals surface area (Å²) in [4.78, 5) is 0. The van der Waals surface area contributed by atoms with E-state index in [2.05, 4.69) is 0 Å². The molecule has 24 heavy (non-hydrogen) atoms. The molecule has 1 saturated heterocycles. The quantitative estimate of drug-likeness (QED) is 0.852. The van der Waals surface area contributed by atoms with Crippen molar-refractivity contribution in [2.24, 2.45) is 0 Å². The molecular weight excluding hydrogens is 303 g/mol. The van der Waals surface area contributed by atoms with Crippen LogP contribution in [0.2, 0.25) is 0 Å². The van der Waals surface area contributed by atoms with Crippen LogP contribution in [0, 0.1) is 0 Å². The molecule has 5 heteroatoms. The first kappa shape index (κ1) is 17.0. The van der Waals surface area contributed by atoms with Gasteiger partial charge in [0, 0.05) is 5.56 Å². The van der Waals surface area contributed by atoms with E-state index in [-0.39, 0.29) is 30.7 Å². The Morgan fingerprint density at radius 2 is 1.42 bits per heavy atom. The standard InChI is InChI=1S/C19H23BO4/c1-18(2)19(3,4)24-20(23-18)16-8-5-13(6-9-16)14-7-10-17(22)15(11-14)12-21/h5-11,21-22H,12H2,1-4H3. The zero-order valence-corrected chi connectivity index (χ0v) is 14.5. The van der Waals surface area contributed by atoms with Gasteiger partial charge in [-0.1, -0.05) is 30.3 Å². The largest absolute Gasteiger partial charge is 0.508 e. The fourth-order valence-corrected chi connectivity index (χ4v) is 2.70. The molecule has 0 unspecified atom stereocenters. The predicted octanol–water partition coefficient (Wildman–Crippen LogP) is 2.85. The third kappa shape index (κ3) is 2.95. The maximum Gasteiger partial charge on any atom is 0.494 e. The molecule has 3 rings (SSSR count). The molecule has 0 atom stereocenters. The van der Waals surface area contributed by atoms with Crippen molar-refractivity contribution < 1.29 is 19.5 Å². The van der Waals surface area contributed by atoms with Crippen LogP contribution in [0.1, 0.15) is 33.3 Å². The van der Waals surface area contributed by atoms with Crippen LogP contribution in [-0.4, -0.2) is 28.5 Å². The number of hydrogen-bond donors (Lipinski definition) is 2. The van der Waals surface area contributed by atoms with E-state index in [1.807, 2.05) is 58.0 Å². The molecule has 0 saturated carbocycles. The molecule has 0 aromatic heterocycles. The fraction of sp³-hybridized carbons (Fsp3) is 0.368. The molecular formula is C19H23BO4. The molecule has 0 radical (unpaired) electrons. The lowest BCUT2D eigenvalue weighted by Crippen LogP contribution is -2.41. The first-order valence-corrected chi connectivity index (χ1v) is 8.12. The molecule has 0 amide bonds. The highest BCUT2D eigenvalue weighted by molar-refractivity contribution is 6.62. The van der Waals surface area contributed by atoms with Crippen LogP contribution in [0.3, 0.4) is 0 Å². The summed E-state index contributed by atoms with van der Waals surface area (Å²) in [6.45, 7) is 7.95. The van der Waals surface area contributed by atoms with Gasteiger partial charge in [0.25, 0.3) is 0 Å². The lowest BCUT2D eigenvalue weighted by Gasteiger charge is -2.32. The van der Waals surface area contributed by atoms with E-state index < -0.39 is 0 Å². The smallest absolute Gasteiger partial charge is 0.494 e. The highest BCUT2D eigenvalue weighted by atomic mass is 16.7. The van der Waals surface area contributed by atoms with Gasteiger partial charge < -0.3 is 19.5 Å². The van der Waals surface area contributed by atoms with Gasteiger partial charge in [-0.25, -0.2) is 0 Å². The Bertz CT molecular complexity index is 722. The number of aliphatic hydroxyl groups excluding tert-OH is 1. The van der Waals surface area contributed by atoms with Crippen LogP contribution in [0.15, 0.2) is 42.5 Å². The summed E-state index contributed by atoms with van der Waals surface area (Å²) >= 11 is 0. The summed E-state index contributed by atoms with van der Waals surface area (Å²) in [5, 5.41) is 19.0. The SMILES string of the molecule is CC1(C)OB(c2ccc(-c3ccc(O)c(CO)c3)cc2)OC1(C)C. The number of rotatable bonds is 3. The lowest BCUT2D eigenvalue weighted by molar-refractivity contribution is 0.00578. The van der Waals surface area contributed by atoms with Gasteiger partial charge in [-0.2, -0.15) is 0 Å². The van der Waals surface area contributed by atoms with Crippen molar-refractivity contribution in [1.29, 1.82) is 0 Å². The Labute approximate surface area is 143 Å². The van der Waals surface area contributed by atoms with Crippen molar-refractivity contribution in [3.05, 3.63) is 48.0 Å². The Balaban J connectivity index is 1.84. The normalized spacial score (nSPS) is 18.8. The molecule has 2 aromatic rings. The van der Waals surface area contributed by atoms with E-state index >= 15 is 0 Å². The number of phenols is 1. The van der Waals surface area contributed by atoms with Crippen molar-refractivity contribution in [3.8, 4) is 16.9 Å². The number of aromatic hydroxyl groups is 1. The molecule has 1 fully saturated rings. The van der Waals surface area contributed by atoms with Crippen LogP contribution >= 0.6 is 0 Å². The Kier molecular flexibility index (Phi) is 4.20. The third-order valence-corrected chi connectivity index (χ3v) is 5.02. The van der Waals surface area contributed by atoms with Crippen LogP contribution in [0.25, 0.3) is 11.1 Å². The second kappa shape index (κ2) is 5.92. The summed E-state index contributed by atoms with van der Waals surface area (Å²) in [6, 6.07) is 13.2. The van der Waals surface area contributed by atoms with E-state index in [4.69, 9.17) is 9.31 Å². The van der Waals surface area contributed by atoms with Gasteiger partial charge in [0.15, 0.2) is 0 Å². The zero-order valence-electron chi connectivity index (χ0n) is 14.5. The minimum Gasteiger partial charge on any atom is -0.508 e. The maximum absolute atomic E-state index is 9.67. The number of benzene rings is 2. The van der Waals surface area contributed by atoms with Gasteiger partial charge in [-0.05, 0) is 56.4 Å². The number of aliphatic hydroxyl groups is 1. The Morgan fingerprint density at radius 3 is 1.96 bits per heavy atom. The second-order valence-corrected chi connectivity index (χ2v) is 7.21. The zero-order chi connectivity index (χ0) is 17.5. The minimum atomic E-state index is -0.378. The fourth-order valence-electron chi connectivity index (χ4n) is 2.70. The molecule has 1 aliphatic rings. The molecule has 0 bridgehead atoms. The van der Waals surface area contributed by atoms with Gasteiger partial charge in [-0.15, -0.1) is 0 Å². The lowest BCUT2D eigenvalue weighted by atomic mass is 9.78. The van der Waals surface area contributed by atoms with Gasteiger partial charge in [0.05, 0.1) is 17.8 Å². The second-order valence-electron chi connectivity index (χ2n) is 7.21. The van der Waals surface area contributed by atoms with Gasteiger partial charge in [-0.3, -0.25) is 0 Å². The van der Waals surface area contributed by atoms with Gasteiger partial charge >= 0.3 is 7.12 Å². The molecule has 2 aromatic carbocycles. The predicted molar refractivity (Wildman–Crippen MR) is 95.2 cm³/mol. The summed E-state index contributed by atoms with van der Waals surface area (Å²) in [5.41, 5.74) is 2.72. The molecule has 1 aliphatic heterocycles. The average Bonchev–Trinajstić information content (AvgIpc) is 2.76. The average molecular weight is 326 g/mol. The summed E-state index contributed by atoms with van der Waals surface area (Å²) in [7, 11) is -0.378. The van der Waals surface area contributed by atoms with E-state index in [1.165, 1.54) is 0 Å². The van der Waals surface area contributed by atoms with Crippen LogP contribution in [0.4, 0.5) is 0 Å². The molecule has 0 spiro atoms. The highest BCUT2D eigenvalue weighted by Gasteiger charge is 2.51. The molecule has 4 nitrogen and oxygen atoms in total. The molecule has 126 valence electrons. The van der Waals surface area contributed by atoms with Gasteiger partial charge in [0.2, 0.25) is 0 Å². The van der Waals surface area contributed by atoms with Gasteiger partial charge in [0.1, 0.15) is 5.75 Å². The number of hydrogen-bond acceptors (Lipinski definition) is 4. The van der Waals surface area contributed by atoms with Crippen molar-refractivity contribution in [2.45, 2.75) is 45.5 Å². The van der Waals surface area contributed by atoms with Crippen LogP contribution < -0.4 is 5.46 Å². The van der Waals surface area contributed by atoms with E-state index in [0.29, 0.717) is 5.56 Å². The highest BCUT2D eigenvalue weighted by Crippen LogP contribution is 2.36. The monoisotopic (exact) mass is 326 g/mol. The maximum atomic E-state index is 9.67. The van der Waals surface area contributed by atoms with Crippen molar-refractivity contribution in [1.82, 2.24) is 0 Å². The van der Waals surface area contributed by atoms with E-state index in [9.17, 15) is 10.2 Å². The topological polar surface area (TPSA) is 58.9 Å². The summed E-state index contributed by atoms with van der Waals surface area (Å²) in [5.74, 6) is 0.107. The third-order valence-electron chi connectivity index (χ3n) is 5.02. The summed E-state index contributed by atoms with van der Waals surface area (Å²) in [6.07, 6.45) is 0. The minimum absolute atomic E-state index is 0.107. The van der Waals surface area contributed by atoms with Crippen molar-refractivity contribution in [3.63, 3.8) is 0 Å². The molecule has 1 heterocycles. The Hall–Kier alpha value is -1.82. The molecule has 0 aliphatic carbocycles. The van der Waals surface area contributed by atoms with Crippen molar-refractivity contribution >= 4 is 12.6 Å². The van der Waals surface area contributed by atoms with E-state index in [0.717, 1.165) is 16.6 Å². The van der Waals surface area contributed by atoms with Crippen LogP contribution in [0.5, 0.6) is 5.75 Å². The first-order chi connectivity index (χ1) is 11.2. The first-order valence-electron chi connectivity index (χ1n) is 8.12. The molecule has 2 N–H and O–H groups in total. The van der Waals surface area contributed by atoms with Crippen LogP contribution in [-0.2, 0) is 15.9 Å². The van der Waals surface area contributed by atoms with Crippen molar-refractivity contribution in [2.75, 3.05) is 0 Å². The van der Waals surface area contributed by atoms with E-state index in [1.54, 1.807) is 12.1 Å².